The Hall–Kier alpha value is -3.24. The first-order valence-corrected chi connectivity index (χ1v) is 10.2. The Balaban J connectivity index is 1.43. The highest BCUT2D eigenvalue weighted by Crippen LogP contribution is 2.40. The number of hydrazine groups is 1. The molecule has 3 heterocycles. The molecule has 174 valence electrons. The fraction of sp³-hybridized carbons (Fsp3) is 0.273. The number of carbonyl (C=O) groups is 1. The molecular weight excluding hydrogens is 463 g/mol. The first kappa shape index (κ1) is 22.9. The maximum atomic E-state index is 12.7. The average Bonchev–Trinajstić information content (AvgIpc) is 3.31. The number of furan rings is 1. The monoisotopic (exact) mass is 481 g/mol. The van der Waals surface area contributed by atoms with Crippen LogP contribution in [0.3, 0.4) is 0 Å². The minimum Gasteiger partial charge on any atom is -0.426 e. The Kier molecular flexibility index (Phi) is 5.75. The van der Waals surface area contributed by atoms with Crippen LogP contribution in [0.4, 0.5) is 19.0 Å². The van der Waals surface area contributed by atoms with Crippen molar-refractivity contribution in [3.8, 4) is 11.7 Å². The molecule has 33 heavy (non-hydrogen) atoms. The number of fused-ring (bicyclic) bond motifs is 1. The first-order chi connectivity index (χ1) is 15.4. The third-order valence-electron chi connectivity index (χ3n) is 5.12. The predicted molar refractivity (Wildman–Crippen MR) is 113 cm³/mol. The maximum Gasteiger partial charge on any atom is 0.417 e. The highest BCUT2D eigenvalue weighted by Gasteiger charge is 2.32. The first-order valence-electron chi connectivity index (χ1n) is 9.79. The number of benzene rings is 1. The normalized spacial score (nSPS) is 14.6. The maximum absolute atomic E-state index is 12.7. The summed E-state index contributed by atoms with van der Waals surface area (Å²) in [5.74, 6) is -0.302. The summed E-state index contributed by atoms with van der Waals surface area (Å²) in [4.78, 5) is 15.9. The van der Waals surface area contributed by atoms with Gasteiger partial charge in [0, 0.05) is 12.3 Å². The van der Waals surface area contributed by atoms with Gasteiger partial charge < -0.3 is 13.9 Å². The van der Waals surface area contributed by atoms with Crippen LogP contribution >= 0.6 is 11.6 Å². The lowest BCUT2D eigenvalue weighted by molar-refractivity contribution is -0.137. The summed E-state index contributed by atoms with van der Waals surface area (Å²) in [5.41, 5.74) is 6.17. The van der Waals surface area contributed by atoms with Crippen molar-refractivity contribution in [3.63, 3.8) is 0 Å². The summed E-state index contributed by atoms with van der Waals surface area (Å²) in [6.07, 6.45) is -3.98. The van der Waals surface area contributed by atoms with E-state index in [0.29, 0.717) is 24.6 Å². The van der Waals surface area contributed by atoms with Crippen LogP contribution in [0.2, 0.25) is 5.02 Å². The van der Waals surface area contributed by atoms with Crippen LogP contribution in [0.5, 0.6) is 11.7 Å². The number of halogens is 4. The topological polar surface area (TPSA) is 85.6 Å². The number of alkyl halides is 3. The Morgan fingerprint density at radius 1 is 1.24 bits per heavy atom. The fourth-order valence-electron chi connectivity index (χ4n) is 3.34. The Labute approximate surface area is 191 Å². The van der Waals surface area contributed by atoms with Crippen LogP contribution in [0.15, 0.2) is 40.9 Å². The number of amides is 1. The smallest absolute Gasteiger partial charge is 0.417 e. The highest BCUT2D eigenvalue weighted by molar-refractivity contribution is 6.33. The lowest BCUT2D eigenvalue weighted by atomic mass is 9.94. The number of anilines is 1. The quantitative estimate of drug-likeness (QED) is 0.437. The molecule has 11 heteroatoms. The van der Waals surface area contributed by atoms with E-state index in [2.05, 4.69) is 15.8 Å². The Bertz CT molecular complexity index is 1220. The SMILES string of the molecule is Cc1cc2c(cc1Oc1ccc(C(=O)NNc3ncc(C(F)(F)F)cc3Cl)o1)C(C)(C)OC2. The third kappa shape index (κ3) is 4.76. The highest BCUT2D eigenvalue weighted by atomic mass is 35.5. The van der Waals surface area contributed by atoms with E-state index in [0.717, 1.165) is 16.7 Å². The Morgan fingerprint density at radius 3 is 2.70 bits per heavy atom. The van der Waals surface area contributed by atoms with Crippen molar-refractivity contribution in [2.24, 2.45) is 0 Å². The second-order valence-corrected chi connectivity index (χ2v) is 8.33. The molecule has 0 bridgehead atoms. The van der Waals surface area contributed by atoms with E-state index in [1.54, 1.807) is 0 Å². The van der Waals surface area contributed by atoms with Gasteiger partial charge in [0.2, 0.25) is 0 Å². The van der Waals surface area contributed by atoms with Gasteiger partial charge in [0.05, 0.1) is 22.8 Å². The Morgan fingerprint density at radius 2 is 2.00 bits per heavy atom. The van der Waals surface area contributed by atoms with E-state index in [-0.39, 0.29) is 22.5 Å². The zero-order valence-corrected chi connectivity index (χ0v) is 18.5. The summed E-state index contributed by atoms with van der Waals surface area (Å²) in [6, 6.07) is 7.45. The molecule has 2 aromatic heterocycles. The van der Waals surface area contributed by atoms with Crippen LogP contribution in [0.1, 0.15) is 46.7 Å². The van der Waals surface area contributed by atoms with Crippen molar-refractivity contribution in [2.75, 3.05) is 5.43 Å². The number of aryl methyl sites for hydroxylation is 1. The molecule has 0 fully saturated rings. The molecule has 1 aliphatic heterocycles. The average molecular weight is 482 g/mol. The molecule has 4 rings (SSSR count). The molecule has 0 unspecified atom stereocenters. The van der Waals surface area contributed by atoms with Gasteiger partial charge in [0.25, 0.3) is 5.95 Å². The molecule has 0 saturated heterocycles. The number of ether oxygens (including phenoxy) is 2. The van der Waals surface area contributed by atoms with E-state index in [1.165, 1.54) is 12.1 Å². The van der Waals surface area contributed by atoms with Gasteiger partial charge in [-0.05, 0) is 61.7 Å². The van der Waals surface area contributed by atoms with Gasteiger partial charge in [-0.2, -0.15) is 13.2 Å². The van der Waals surface area contributed by atoms with Crippen LogP contribution < -0.4 is 15.6 Å². The van der Waals surface area contributed by atoms with E-state index in [4.69, 9.17) is 25.5 Å². The summed E-state index contributed by atoms with van der Waals surface area (Å²) < 4.78 is 55.2. The van der Waals surface area contributed by atoms with Crippen molar-refractivity contribution in [2.45, 2.75) is 39.2 Å². The lowest BCUT2D eigenvalue weighted by Crippen LogP contribution is -2.29. The number of hydrogen-bond donors (Lipinski definition) is 2. The lowest BCUT2D eigenvalue weighted by Gasteiger charge is -2.19. The molecule has 0 atom stereocenters. The van der Waals surface area contributed by atoms with Crippen molar-refractivity contribution in [1.82, 2.24) is 10.4 Å². The molecule has 1 aromatic carbocycles. The summed E-state index contributed by atoms with van der Waals surface area (Å²) in [5, 5.41) is -0.312. The molecule has 7 nitrogen and oxygen atoms in total. The number of nitrogens with zero attached hydrogens (tertiary/aromatic N) is 1. The third-order valence-corrected chi connectivity index (χ3v) is 5.40. The minimum atomic E-state index is -4.58. The van der Waals surface area contributed by atoms with E-state index in [1.807, 2.05) is 32.9 Å². The van der Waals surface area contributed by atoms with Gasteiger partial charge in [-0.3, -0.25) is 15.6 Å². The van der Waals surface area contributed by atoms with E-state index in [9.17, 15) is 18.0 Å². The summed E-state index contributed by atoms with van der Waals surface area (Å²) in [6.45, 7) is 6.36. The number of nitrogens with one attached hydrogen (secondary N) is 2. The van der Waals surface area contributed by atoms with Crippen LogP contribution in [-0.2, 0) is 23.1 Å². The van der Waals surface area contributed by atoms with Gasteiger partial charge in [-0.1, -0.05) is 11.6 Å². The van der Waals surface area contributed by atoms with Crippen molar-refractivity contribution in [3.05, 3.63) is 69.6 Å². The standard InChI is InChI=1S/C22H19ClF3N3O4/c1-11-6-12-10-31-21(2,3)14(12)8-17(11)33-18-5-4-16(32-18)20(30)29-28-19-15(23)7-13(9-27-19)22(24,25)26/h4-9H,10H2,1-3H3,(H,27,28)(H,29,30). The van der Waals surface area contributed by atoms with E-state index < -0.39 is 23.2 Å². The van der Waals surface area contributed by atoms with Gasteiger partial charge in [-0.15, -0.1) is 0 Å². The zero-order valence-electron chi connectivity index (χ0n) is 17.8. The molecule has 1 aliphatic rings. The minimum absolute atomic E-state index is 0.0885. The van der Waals surface area contributed by atoms with Crippen molar-refractivity contribution < 1.29 is 31.9 Å². The molecule has 3 aromatic rings. The van der Waals surface area contributed by atoms with Gasteiger partial charge in [0.15, 0.2) is 11.6 Å². The molecule has 0 aliphatic carbocycles. The second-order valence-electron chi connectivity index (χ2n) is 7.93. The largest absolute Gasteiger partial charge is 0.426 e. The van der Waals surface area contributed by atoms with E-state index >= 15 is 0 Å². The molecular formula is C22H19ClF3N3O4. The van der Waals surface area contributed by atoms with Gasteiger partial charge >= 0.3 is 12.1 Å². The number of carbonyl (C=O) groups excluding carboxylic acids is 1. The number of rotatable bonds is 5. The number of pyridine rings is 1. The number of aromatic nitrogens is 1. The second kappa shape index (κ2) is 8.27. The molecule has 0 radical (unpaired) electrons. The van der Waals surface area contributed by atoms with Crippen LogP contribution in [0.25, 0.3) is 0 Å². The van der Waals surface area contributed by atoms with Gasteiger partial charge in [0.1, 0.15) is 5.75 Å². The van der Waals surface area contributed by atoms with Gasteiger partial charge in [-0.25, -0.2) is 4.98 Å². The molecule has 2 N–H and O–H groups in total. The van der Waals surface area contributed by atoms with Crippen molar-refractivity contribution in [1.29, 1.82) is 0 Å². The predicted octanol–water partition coefficient (Wildman–Crippen LogP) is 5.97. The molecule has 0 saturated carbocycles. The zero-order chi connectivity index (χ0) is 24.0. The molecule has 0 spiro atoms. The summed E-state index contributed by atoms with van der Waals surface area (Å²) >= 11 is 5.81. The van der Waals surface area contributed by atoms with Crippen molar-refractivity contribution >= 4 is 23.3 Å². The molecule has 1 amide bonds. The summed E-state index contributed by atoms with van der Waals surface area (Å²) in [7, 11) is 0. The fourth-order valence-corrected chi connectivity index (χ4v) is 3.56. The number of hydrogen-bond acceptors (Lipinski definition) is 6. The van der Waals surface area contributed by atoms with Crippen LogP contribution in [0, 0.1) is 6.92 Å². The van der Waals surface area contributed by atoms with Crippen LogP contribution in [-0.4, -0.2) is 10.9 Å².